The standard InChI is InChI=1S/C24H19NO/c26-24-17-13-20(14-18-24)19-11-15-23(16-12-19)25(21-7-3-1-4-8-21)22-9-5-2-6-10-22/h1-17H,18H2. The molecule has 0 aliphatic heterocycles. The Hall–Kier alpha value is -3.39. The summed E-state index contributed by atoms with van der Waals surface area (Å²) in [4.78, 5) is 13.6. The predicted molar refractivity (Wildman–Crippen MR) is 108 cm³/mol. The number of hydrogen-bond donors (Lipinski definition) is 0. The van der Waals surface area contributed by atoms with Crippen LogP contribution in [0.4, 0.5) is 17.1 Å². The molecule has 0 spiro atoms. The average molecular weight is 337 g/mol. The van der Waals surface area contributed by atoms with Crippen molar-refractivity contribution in [2.45, 2.75) is 6.42 Å². The molecule has 1 aliphatic carbocycles. The molecule has 0 amide bonds. The summed E-state index contributed by atoms with van der Waals surface area (Å²) in [7, 11) is 0. The van der Waals surface area contributed by atoms with Crippen LogP contribution in [0.25, 0.3) is 5.57 Å². The third-order valence-electron chi connectivity index (χ3n) is 4.46. The van der Waals surface area contributed by atoms with E-state index in [9.17, 15) is 4.79 Å². The van der Waals surface area contributed by atoms with Crippen molar-refractivity contribution in [3.05, 3.63) is 109 Å². The van der Waals surface area contributed by atoms with Crippen LogP contribution in [0.3, 0.4) is 0 Å². The molecule has 0 unspecified atom stereocenters. The maximum absolute atomic E-state index is 11.4. The van der Waals surface area contributed by atoms with Crippen LogP contribution in [0.2, 0.25) is 0 Å². The lowest BCUT2D eigenvalue weighted by atomic mass is 9.99. The van der Waals surface area contributed by atoms with E-state index in [4.69, 9.17) is 0 Å². The number of ketones is 1. The maximum atomic E-state index is 11.4. The minimum absolute atomic E-state index is 0.157. The van der Waals surface area contributed by atoms with E-state index in [2.05, 4.69) is 53.4 Å². The molecular weight excluding hydrogens is 318 g/mol. The monoisotopic (exact) mass is 337 g/mol. The lowest BCUT2D eigenvalue weighted by Crippen LogP contribution is -2.09. The Morgan fingerprint density at radius 1 is 0.615 bits per heavy atom. The maximum Gasteiger partial charge on any atom is 0.159 e. The van der Waals surface area contributed by atoms with Gasteiger partial charge >= 0.3 is 0 Å². The van der Waals surface area contributed by atoms with E-state index >= 15 is 0 Å². The number of carbonyl (C=O) groups is 1. The molecule has 0 N–H and O–H groups in total. The largest absolute Gasteiger partial charge is 0.311 e. The van der Waals surface area contributed by atoms with Crippen molar-refractivity contribution in [1.29, 1.82) is 0 Å². The smallest absolute Gasteiger partial charge is 0.159 e. The number of nitrogens with zero attached hydrogens (tertiary/aromatic N) is 1. The van der Waals surface area contributed by atoms with E-state index in [1.165, 1.54) is 0 Å². The van der Waals surface area contributed by atoms with E-state index in [0.29, 0.717) is 6.42 Å². The zero-order chi connectivity index (χ0) is 17.8. The molecule has 3 aromatic rings. The predicted octanol–water partition coefficient (Wildman–Crippen LogP) is 6.07. The summed E-state index contributed by atoms with van der Waals surface area (Å²) in [5.74, 6) is 0.157. The molecule has 0 fully saturated rings. The summed E-state index contributed by atoms with van der Waals surface area (Å²) < 4.78 is 0. The summed E-state index contributed by atoms with van der Waals surface area (Å²) >= 11 is 0. The van der Waals surface area contributed by atoms with Crippen LogP contribution >= 0.6 is 0 Å². The molecule has 0 aromatic heterocycles. The lowest BCUT2D eigenvalue weighted by molar-refractivity contribution is -0.113. The average Bonchev–Trinajstić information content (AvgIpc) is 2.71. The molecule has 0 radical (unpaired) electrons. The molecule has 0 heterocycles. The van der Waals surface area contributed by atoms with Crippen LogP contribution in [-0.4, -0.2) is 5.78 Å². The fourth-order valence-corrected chi connectivity index (χ4v) is 3.15. The number of allylic oxidation sites excluding steroid dienone is 4. The van der Waals surface area contributed by atoms with Crippen LogP contribution in [0, 0.1) is 0 Å². The van der Waals surface area contributed by atoms with Gasteiger partial charge in [0, 0.05) is 23.5 Å². The summed E-state index contributed by atoms with van der Waals surface area (Å²) in [6.45, 7) is 0. The zero-order valence-electron chi connectivity index (χ0n) is 14.4. The van der Waals surface area contributed by atoms with E-state index in [0.717, 1.165) is 28.2 Å². The Morgan fingerprint density at radius 3 is 1.65 bits per heavy atom. The first-order valence-corrected chi connectivity index (χ1v) is 8.73. The van der Waals surface area contributed by atoms with Gasteiger partial charge < -0.3 is 4.90 Å². The highest BCUT2D eigenvalue weighted by Crippen LogP contribution is 2.34. The van der Waals surface area contributed by atoms with E-state index in [1.54, 1.807) is 6.08 Å². The SMILES string of the molecule is O=C1C=CC(c2ccc(N(c3ccccc3)c3ccccc3)cc2)=CC1. The van der Waals surface area contributed by atoms with Crippen LogP contribution < -0.4 is 4.90 Å². The van der Waals surface area contributed by atoms with Crippen molar-refractivity contribution in [2.75, 3.05) is 4.90 Å². The van der Waals surface area contributed by atoms with Gasteiger partial charge in [-0.05, 0) is 53.6 Å². The van der Waals surface area contributed by atoms with Gasteiger partial charge in [0.1, 0.15) is 0 Å². The Morgan fingerprint density at radius 2 is 1.15 bits per heavy atom. The first-order chi connectivity index (χ1) is 12.8. The van der Waals surface area contributed by atoms with Crippen molar-refractivity contribution < 1.29 is 4.79 Å². The Bertz CT molecular complexity index is 915. The Balaban J connectivity index is 1.71. The van der Waals surface area contributed by atoms with Gasteiger partial charge in [-0.15, -0.1) is 0 Å². The minimum atomic E-state index is 0.157. The molecule has 26 heavy (non-hydrogen) atoms. The van der Waals surface area contributed by atoms with E-state index in [-0.39, 0.29) is 5.78 Å². The lowest BCUT2D eigenvalue weighted by Gasteiger charge is -2.25. The highest BCUT2D eigenvalue weighted by atomic mass is 16.1. The first-order valence-electron chi connectivity index (χ1n) is 8.73. The Labute approximate surface area is 153 Å². The van der Waals surface area contributed by atoms with Crippen molar-refractivity contribution in [3.63, 3.8) is 0 Å². The van der Waals surface area contributed by atoms with Crippen LogP contribution in [0.1, 0.15) is 12.0 Å². The fraction of sp³-hybridized carbons (Fsp3) is 0.0417. The van der Waals surface area contributed by atoms with Crippen LogP contribution in [0.5, 0.6) is 0 Å². The van der Waals surface area contributed by atoms with E-state index in [1.807, 2.05) is 48.6 Å². The van der Waals surface area contributed by atoms with Gasteiger partial charge in [0.05, 0.1) is 0 Å². The van der Waals surface area contributed by atoms with Crippen molar-refractivity contribution in [3.8, 4) is 0 Å². The number of carbonyl (C=O) groups excluding carboxylic acids is 1. The first kappa shape index (κ1) is 16.1. The normalized spacial score (nSPS) is 13.4. The second-order valence-corrected chi connectivity index (χ2v) is 6.22. The third-order valence-corrected chi connectivity index (χ3v) is 4.46. The summed E-state index contributed by atoms with van der Waals surface area (Å²) in [6.07, 6.45) is 6.02. The number of anilines is 3. The van der Waals surface area contributed by atoms with Gasteiger partial charge in [-0.2, -0.15) is 0 Å². The molecule has 0 bridgehead atoms. The van der Waals surface area contributed by atoms with Gasteiger partial charge in [-0.25, -0.2) is 0 Å². The van der Waals surface area contributed by atoms with Gasteiger partial charge in [-0.3, -0.25) is 4.79 Å². The molecule has 0 atom stereocenters. The van der Waals surface area contributed by atoms with Crippen molar-refractivity contribution >= 4 is 28.4 Å². The quantitative estimate of drug-likeness (QED) is 0.576. The number of para-hydroxylation sites is 2. The number of hydrogen-bond acceptors (Lipinski definition) is 2. The van der Waals surface area contributed by atoms with Gasteiger partial charge in [0.15, 0.2) is 5.78 Å². The van der Waals surface area contributed by atoms with Crippen molar-refractivity contribution in [2.24, 2.45) is 0 Å². The van der Waals surface area contributed by atoms with Gasteiger partial charge in [0.2, 0.25) is 0 Å². The Kier molecular flexibility index (Phi) is 4.48. The van der Waals surface area contributed by atoms with E-state index < -0.39 is 0 Å². The fourth-order valence-electron chi connectivity index (χ4n) is 3.15. The molecule has 0 saturated carbocycles. The number of benzene rings is 3. The van der Waals surface area contributed by atoms with Gasteiger partial charge in [-0.1, -0.05) is 60.7 Å². The molecule has 1 aliphatic rings. The van der Waals surface area contributed by atoms with Crippen LogP contribution in [-0.2, 0) is 4.79 Å². The summed E-state index contributed by atoms with van der Waals surface area (Å²) in [6, 6.07) is 29.2. The molecular formula is C24H19NO. The number of rotatable bonds is 4. The highest BCUT2D eigenvalue weighted by molar-refractivity contribution is 5.98. The zero-order valence-corrected chi connectivity index (χ0v) is 14.4. The summed E-state index contributed by atoms with van der Waals surface area (Å²) in [5.41, 5.74) is 5.56. The molecule has 2 heteroatoms. The molecule has 2 nitrogen and oxygen atoms in total. The molecule has 4 rings (SSSR count). The minimum Gasteiger partial charge on any atom is -0.311 e. The molecule has 126 valence electrons. The van der Waals surface area contributed by atoms with Crippen molar-refractivity contribution in [1.82, 2.24) is 0 Å². The second kappa shape index (κ2) is 7.24. The van der Waals surface area contributed by atoms with Gasteiger partial charge in [0.25, 0.3) is 0 Å². The highest BCUT2D eigenvalue weighted by Gasteiger charge is 2.12. The third kappa shape index (κ3) is 3.35. The van der Waals surface area contributed by atoms with Crippen LogP contribution in [0.15, 0.2) is 103 Å². The summed E-state index contributed by atoms with van der Waals surface area (Å²) in [5, 5.41) is 0. The molecule has 3 aromatic carbocycles. The second-order valence-electron chi connectivity index (χ2n) is 6.22. The molecule has 0 saturated heterocycles. The topological polar surface area (TPSA) is 20.3 Å².